The lowest BCUT2D eigenvalue weighted by Crippen LogP contribution is -2.30. The molecule has 0 amide bonds. The molecule has 0 spiro atoms. The Morgan fingerprint density at radius 2 is 1.74 bits per heavy atom. The van der Waals surface area contributed by atoms with Gasteiger partial charge in [0.2, 0.25) is 10.0 Å². The Kier molecular flexibility index (Phi) is 3.18. The van der Waals surface area contributed by atoms with Crippen molar-refractivity contribution in [2.24, 2.45) is 11.8 Å². The van der Waals surface area contributed by atoms with E-state index in [0.29, 0.717) is 16.7 Å². The second kappa shape index (κ2) is 4.60. The van der Waals surface area contributed by atoms with Crippen LogP contribution in [0, 0.1) is 25.7 Å². The Labute approximate surface area is 115 Å². The van der Waals surface area contributed by atoms with Crippen molar-refractivity contribution in [3.05, 3.63) is 29.3 Å². The monoisotopic (exact) mass is 279 g/mol. The molecule has 104 valence electrons. The molecule has 4 heteroatoms. The van der Waals surface area contributed by atoms with E-state index in [2.05, 4.69) is 0 Å². The minimum atomic E-state index is -3.29. The third-order valence-electron chi connectivity index (χ3n) is 4.64. The van der Waals surface area contributed by atoms with Crippen LogP contribution in [0.25, 0.3) is 0 Å². The van der Waals surface area contributed by atoms with Crippen LogP contribution in [-0.4, -0.2) is 25.8 Å². The van der Waals surface area contributed by atoms with Crippen molar-refractivity contribution >= 4 is 10.0 Å². The van der Waals surface area contributed by atoms with Gasteiger partial charge in [0.05, 0.1) is 4.90 Å². The van der Waals surface area contributed by atoms with Gasteiger partial charge in [0, 0.05) is 13.1 Å². The summed E-state index contributed by atoms with van der Waals surface area (Å²) < 4.78 is 27.2. The van der Waals surface area contributed by atoms with E-state index in [9.17, 15) is 8.42 Å². The minimum absolute atomic E-state index is 0.484. The van der Waals surface area contributed by atoms with Gasteiger partial charge in [0.15, 0.2) is 0 Å². The molecule has 1 saturated carbocycles. The van der Waals surface area contributed by atoms with E-state index in [4.69, 9.17) is 0 Å². The minimum Gasteiger partial charge on any atom is -0.207 e. The van der Waals surface area contributed by atoms with Crippen LogP contribution in [0.3, 0.4) is 0 Å². The van der Waals surface area contributed by atoms with Crippen molar-refractivity contribution in [2.45, 2.75) is 38.0 Å². The molecule has 2 fully saturated rings. The van der Waals surface area contributed by atoms with Gasteiger partial charge in [-0.1, -0.05) is 24.1 Å². The highest BCUT2D eigenvalue weighted by Gasteiger charge is 2.41. The van der Waals surface area contributed by atoms with Crippen molar-refractivity contribution in [2.75, 3.05) is 13.1 Å². The van der Waals surface area contributed by atoms with Crippen LogP contribution < -0.4 is 0 Å². The standard InChI is InChI=1S/C15H21NO2S/c1-11-6-7-15(12(2)8-11)19(17,18)16-9-13-4-3-5-14(13)10-16/h6-8,13-14H,3-5,9-10H2,1-2H3. The average molecular weight is 279 g/mol. The first-order valence-electron chi connectivity index (χ1n) is 7.06. The Balaban J connectivity index is 1.91. The van der Waals surface area contributed by atoms with Gasteiger partial charge in [-0.25, -0.2) is 8.42 Å². The Bertz CT molecular complexity index is 582. The fraction of sp³-hybridized carbons (Fsp3) is 0.600. The molecule has 0 N–H and O–H groups in total. The highest BCUT2D eigenvalue weighted by molar-refractivity contribution is 7.89. The van der Waals surface area contributed by atoms with E-state index in [0.717, 1.165) is 24.2 Å². The zero-order chi connectivity index (χ0) is 13.6. The maximum atomic E-state index is 12.7. The lowest BCUT2D eigenvalue weighted by Gasteiger charge is -2.19. The molecule has 0 radical (unpaired) electrons. The van der Waals surface area contributed by atoms with Gasteiger partial charge < -0.3 is 0 Å². The van der Waals surface area contributed by atoms with Gasteiger partial charge >= 0.3 is 0 Å². The molecule has 2 atom stereocenters. The first kappa shape index (κ1) is 13.1. The average Bonchev–Trinajstić information content (AvgIpc) is 2.87. The van der Waals surface area contributed by atoms with Gasteiger partial charge in [-0.2, -0.15) is 4.31 Å². The highest BCUT2D eigenvalue weighted by atomic mass is 32.2. The van der Waals surface area contributed by atoms with Crippen LogP contribution in [0.5, 0.6) is 0 Å². The van der Waals surface area contributed by atoms with E-state index >= 15 is 0 Å². The SMILES string of the molecule is Cc1ccc(S(=O)(=O)N2CC3CCCC3C2)c(C)c1. The van der Waals surface area contributed by atoms with E-state index in [1.165, 1.54) is 19.3 Å². The quantitative estimate of drug-likeness (QED) is 0.834. The molecule has 1 heterocycles. The molecule has 1 aromatic rings. The van der Waals surface area contributed by atoms with Gasteiger partial charge in [-0.3, -0.25) is 0 Å². The summed E-state index contributed by atoms with van der Waals surface area (Å²) in [5.74, 6) is 1.20. The smallest absolute Gasteiger partial charge is 0.207 e. The summed E-state index contributed by atoms with van der Waals surface area (Å²) in [5.41, 5.74) is 1.96. The van der Waals surface area contributed by atoms with E-state index in [1.54, 1.807) is 10.4 Å². The summed E-state index contributed by atoms with van der Waals surface area (Å²) in [4.78, 5) is 0.484. The highest BCUT2D eigenvalue weighted by Crippen LogP contribution is 2.40. The molecule has 1 aromatic carbocycles. The molecule has 2 unspecified atom stereocenters. The van der Waals surface area contributed by atoms with Gasteiger partial charge in [0.25, 0.3) is 0 Å². The molecule has 0 aromatic heterocycles. The predicted octanol–water partition coefficient (Wildman–Crippen LogP) is 2.72. The molecular formula is C15H21NO2S. The van der Waals surface area contributed by atoms with E-state index < -0.39 is 10.0 Å². The molecule has 2 aliphatic rings. The molecule has 19 heavy (non-hydrogen) atoms. The first-order valence-corrected chi connectivity index (χ1v) is 8.50. The zero-order valence-electron chi connectivity index (χ0n) is 11.6. The first-order chi connectivity index (χ1) is 8.98. The number of hydrogen-bond acceptors (Lipinski definition) is 2. The second-order valence-corrected chi connectivity index (χ2v) is 7.95. The fourth-order valence-electron chi connectivity index (χ4n) is 3.62. The van der Waals surface area contributed by atoms with Gasteiger partial charge in [-0.15, -0.1) is 0 Å². The maximum Gasteiger partial charge on any atom is 0.243 e. The number of sulfonamides is 1. The van der Waals surface area contributed by atoms with Crippen LogP contribution in [0.4, 0.5) is 0 Å². The fourth-order valence-corrected chi connectivity index (χ4v) is 5.38. The van der Waals surface area contributed by atoms with Crippen molar-refractivity contribution in [1.82, 2.24) is 4.31 Å². The Morgan fingerprint density at radius 3 is 2.32 bits per heavy atom. The predicted molar refractivity (Wildman–Crippen MR) is 75.5 cm³/mol. The summed E-state index contributed by atoms with van der Waals surface area (Å²) in [6, 6.07) is 5.59. The third-order valence-corrected chi connectivity index (χ3v) is 6.63. The lowest BCUT2D eigenvalue weighted by atomic mass is 10.0. The molecule has 1 aliphatic carbocycles. The summed E-state index contributed by atoms with van der Waals surface area (Å²) in [6.45, 7) is 5.32. The van der Waals surface area contributed by atoms with Crippen LogP contribution in [-0.2, 0) is 10.0 Å². The van der Waals surface area contributed by atoms with Crippen LogP contribution in [0.2, 0.25) is 0 Å². The van der Waals surface area contributed by atoms with Crippen molar-refractivity contribution in [1.29, 1.82) is 0 Å². The number of aryl methyl sites for hydroxylation is 2. The molecular weight excluding hydrogens is 258 g/mol. The van der Waals surface area contributed by atoms with Crippen molar-refractivity contribution < 1.29 is 8.42 Å². The van der Waals surface area contributed by atoms with Gasteiger partial charge in [0.1, 0.15) is 0 Å². The number of hydrogen-bond donors (Lipinski definition) is 0. The topological polar surface area (TPSA) is 37.4 Å². The normalized spacial score (nSPS) is 27.7. The molecule has 1 aliphatic heterocycles. The Hall–Kier alpha value is -0.870. The summed E-state index contributed by atoms with van der Waals surface area (Å²) in [7, 11) is -3.29. The lowest BCUT2D eigenvalue weighted by molar-refractivity contribution is 0.445. The number of nitrogens with zero attached hydrogens (tertiary/aromatic N) is 1. The summed E-state index contributed by atoms with van der Waals surface area (Å²) in [6.07, 6.45) is 3.67. The van der Waals surface area contributed by atoms with E-state index in [1.807, 2.05) is 26.0 Å². The van der Waals surface area contributed by atoms with Gasteiger partial charge in [-0.05, 0) is 50.2 Å². The summed E-state index contributed by atoms with van der Waals surface area (Å²) in [5, 5.41) is 0. The number of benzene rings is 1. The third kappa shape index (κ3) is 2.21. The number of fused-ring (bicyclic) bond motifs is 1. The summed E-state index contributed by atoms with van der Waals surface area (Å²) >= 11 is 0. The largest absolute Gasteiger partial charge is 0.243 e. The van der Waals surface area contributed by atoms with Crippen LogP contribution in [0.15, 0.2) is 23.1 Å². The Morgan fingerprint density at radius 1 is 1.11 bits per heavy atom. The molecule has 3 nitrogen and oxygen atoms in total. The second-order valence-electron chi connectivity index (χ2n) is 6.04. The van der Waals surface area contributed by atoms with E-state index in [-0.39, 0.29) is 0 Å². The number of rotatable bonds is 2. The van der Waals surface area contributed by atoms with Crippen molar-refractivity contribution in [3.8, 4) is 0 Å². The van der Waals surface area contributed by atoms with Crippen LogP contribution in [0.1, 0.15) is 30.4 Å². The maximum absolute atomic E-state index is 12.7. The zero-order valence-corrected chi connectivity index (χ0v) is 12.4. The molecule has 0 bridgehead atoms. The molecule has 3 rings (SSSR count). The van der Waals surface area contributed by atoms with Crippen molar-refractivity contribution in [3.63, 3.8) is 0 Å². The van der Waals surface area contributed by atoms with Crippen LogP contribution >= 0.6 is 0 Å². The molecule has 1 saturated heterocycles.